The summed E-state index contributed by atoms with van der Waals surface area (Å²) < 4.78 is 0. The Hall–Kier alpha value is -0.260. The van der Waals surface area contributed by atoms with Crippen molar-refractivity contribution in [2.45, 2.75) is 104 Å². The minimum Gasteiger partial charge on any atom is -0.0856 e. The summed E-state index contributed by atoms with van der Waals surface area (Å²) in [7, 11) is 0. The lowest BCUT2D eigenvalue weighted by Crippen LogP contribution is -1.99. The first-order chi connectivity index (χ1) is 9.68. The Bertz CT molecular complexity index is 239. The molecule has 0 bridgehead atoms. The van der Waals surface area contributed by atoms with Gasteiger partial charge in [0.05, 0.1) is 0 Å². The van der Waals surface area contributed by atoms with E-state index in [0.29, 0.717) is 0 Å². The van der Waals surface area contributed by atoms with E-state index in [1.165, 1.54) is 83.5 Å². The summed E-state index contributed by atoms with van der Waals surface area (Å²) in [6.07, 6.45) is 21.2. The average molecular weight is 279 g/mol. The molecule has 3 rings (SSSR count). The summed E-state index contributed by atoms with van der Waals surface area (Å²) in [5.74, 6) is 2.08. The maximum atomic E-state index is 2.36. The molecule has 2 saturated carbocycles. The van der Waals surface area contributed by atoms with Crippen LogP contribution in [0.4, 0.5) is 0 Å². The van der Waals surface area contributed by atoms with Crippen LogP contribution in [-0.2, 0) is 0 Å². The highest BCUT2D eigenvalue weighted by Crippen LogP contribution is 2.23. The van der Waals surface area contributed by atoms with Crippen molar-refractivity contribution >= 4 is 0 Å². The van der Waals surface area contributed by atoms with Gasteiger partial charge in [0, 0.05) is 0 Å². The van der Waals surface area contributed by atoms with Crippen LogP contribution in [0.15, 0.2) is 11.6 Å². The number of hydrogen-bond acceptors (Lipinski definition) is 0. The molecule has 0 amide bonds. The van der Waals surface area contributed by atoms with Crippen LogP contribution < -0.4 is 0 Å². The first-order valence-electron chi connectivity index (χ1n) is 9.34. The molecule has 0 N–H and O–H groups in total. The predicted molar refractivity (Wildman–Crippen MR) is 92.1 cm³/mol. The molecule has 0 aromatic rings. The lowest BCUT2D eigenvalue weighted by Gasteiger charge is -2.15. The van der Waals surface area contributed by atoms with Gasteiger partial charge in [-0.15, -0.1) is 0 Å². The molecule has 0 atom stereocenters. The summed E-state index contributed by atoms with van der Waals surface area (Å²) >= 11 is 0. The fraction of sp³-hybridized carbons (Fsp3) is 0.900. The second kappa shape index (κ2) is 11.4. The molecule has 0 saturated heterocycles. The summed E-state index contributed by atoms with van der Waals surface area (Å²) in [5.41, 5.74) is 1.59. The Morgan fingerprint density at radius 2 is 1.20 bits per heavy atom. The van der Waals surface area contributed by atoms with Crippen molar-refractivity contribution in [3.8, 4) is 0 Å². The van der Waals surface area contributed by atoms with Gasteiger partial charge in [0.2, 0.25) is 0 Å². The van der Waals surface area contributed by atoms with Crippen LogP contribution in [0, 0.1) is 11.8 Å². The zero-order valence-electron chi connectivity index (χ0n) is 14.4. The van der Waals surface area contributed by atoms with Gasteiger partial charge in [-0.3, -0.25) is 0 Å². The van der Waals surface area contributed by atoms with E-state index < -0.39 is 0 Å². The number of allylic oxidation sites excluding steroid dienone is 2. The highest BCUT2D eigenvalue weighted by molar-refractivity contribution is 5.00. The molecule has 0 aromatic carbocycles. The van der Waals surface area contributed by atoms with Gasteiger partial charge in [0.1, 0.15) is 0 Å². The third-order valence-corrected chi connectivity index (χ3v) is 5.06. The molecule has 0 nitrogen and oxygen atoms in total. The van der Waals surface area contributed by atoms with Crippen molar-refractivity contribution in [1.29, 1.82) is 0 Å². The second-order valence-corrected chi connectivity index (χ2v) is 7.43. The summed E-state index contributed by atoms with van der Waals surface area (Å²) in [6.45, 7) is 6.92. The van der Waals surface area contributed by atoms with Gasteiger partial charge < -0.3 is 0 Å². The Morgan fingerprint density at radius 1 is 0.700 bits per heavy atom. The van der Waals surface area contributed by atoms with Gasteiger partial charge in [0.15, 0.2) is 0 Å². The van der Waals surface area contributed by atoms with E-state index in [9.17, 15) is 0 Å². The summed E-state index contributed by atoms with van der Waals surface area (Å²) in [6, 6.07) is 0. The first-order valence-corrected chi connectivity index (χ1v) is 9.34. The molecule has 0 aliphatic heterocycles. The van der Waals surface area contributed by atoms with Gasteiger partial charge in [0.25, 0.3) is 0 Å². The highest BCUT2D eigenvalue weighted by Gasteiger charge is 2.07. The van der Waals surface area contributed by atoms with E-state index in [-0.39, 0.29) is 0 Å². The molecule has 0 spiro atoms. The van der Waals surface area contributed by atoms with E-state index in [1.54, 1.807) is 5.57 Å². The molecule has 2 fully saturated rings. The molecular weight excluding hydrogens is 240 g/mol. The molecule has 3 aliphatic carbocycles. The molecule has 0 heterocycles. The Labute approximate surface area is 128 Å². The predicted octanol–water partition coefficient (Wildman–Crippen LogP) is 7.29. The van der Waals surface area contributed by atoms with Crippen molar-refractivity contribution < 1.29 is 0 Å². The van der Waals surface area contributed by atoms with Crippen LogP contribution in [0.5, 0.6) is 0 Å². The first kappa shape index (κ1) is 17.8. The fourth-order valence-electron chi connectivity index (χ4n) is 3.44. The van der Waals surface area contributed by atoms with Crippen LogP contribution in [0.1, 0.15) is 104 Å². The molecule has 118 valence electrons. The van der Waals surface area contributed by atoms with E-state index in [2.05, 4.69) is 26.8 Å². The van der Waals surface area contributed by atoms with Crippen LogP contribution in [-0.4, -0.2) is 0 Å². The van der Waals surface area contributed by atoms with Crippen molar-refractivity contribution in [1.82, 2.24) is 0 Å². The van der Waals surface area contributed by atoms with Crippen LogP contribution in [0.2, 0.25) is 0 Å². The maximum Gasteiger partial charge on any atom is -0.0323 e. The fourth-order valence-corrected chi connectivity index (χ4v) is 3.44. The van der Waals surface area contributed by atoms with Crippen LogP contribution in [0.3, 0.4) is 0 Å². The third-order valence-electron chi connectivity index (χ3n) is 5.06. The standard InChI is InChI=1S/C7H14.C7H12.C6H12/c2*1-7-5-3-2-4-6-7;1-6-4-2-3-5-6/h7H,2-6H2,1H3;5H,2-4,6H2,1H3;6H,2-5H2,1H3. The topological polar surface area (TPSA) is 0 Å². The van der Waals surface area contributed by atoms with Gasteiger partial charge in [-0.2, -0.15) is 0 Å². The lowest BCUT2D eigenvalue weighted by atomic mass is 9.91. The van der Waals surface area contributed by atoms with Gasteiger partial charge in [-0.1, -0.05) is 83.3 Å². The van der Waals surface area contributed by atoms with E-state index in [0.717, 1.165) is 11.8 Å². The Kier molecular flexibility index (Phi) is 10.1. The van der Waals surface area contributed by atoms with Crippen molar-refractivity contribution in [3.05, 3.63) is 11.6 Å². The molecule has 0 aromatic heterocycles. The molecule has 0 unspecified atom stereocenters. The number of hydrogen-bond donors (Lipinski definition) is 0. The van der Waals surface area contributed by atoms with Crippen molar-refractivity contribution in [2.24, 2.45) is 11.8 Å². The van der Waals surface area contributed by atoms with Crippen molar-refractivity contribution in [2.75, 3.05) is 0 Å². The van der Waals surface area contributed by atoms with Gasteiger partial charge in [-0.25, -0.2) is 0 Å². The van der Waals surface area contributed by atoms with E-state index in [1.807, 2.05) is 0 Å². The van der Waals surface area contributed by atoms with Crippen molar-refractivity contribution in [3.63, 3.8) is 0 Å². The maximum absolute atomic E-state index is 2.36. The summed E-state index contributed by atoms with van der Waals surface area (Å²) in [4.78, 5) is 0. The number of rotatable bonds is 0. The smallest absolute Gasteiger partial charge is 0.0323 e. The largest absolute Gasteiger partial charge is 0.0856 e. The Balaban J connectivity index is 0.000000151. The zero-order valence-corrected chi connectivity index (χ0v) is 14.4. The Morgan fingerprint density at radius 3 is 1.40 bits per heavy atom. The van der Waals surface area contributed by atoms with Gasteiger partial charge in [-0.05, 0) is 44.4 Å². The monoisotopic (exact) mass is 278 g/mol. The molecular formula is C20H38. The van der Waals surface area contributed by atoms with Gasteiger partial charge >= 0.3 is 0 Å². The minimum atomic E-state index is 1.04. The average Bonchev–Trinajstić information content (AvgIpc) is 2.93. The highest BCUT2D eigenvalue weighted by atomic mass is 14.1. The summed E-state index contributed by atoms with van der Waals surface area (Å²) in [5, 5.41) is 0. The zero-order chi connectivity index (χ0) is 14.6. The normalized spacial score (nSPS) is 24.1. The molecule has 0 radical (unpaired) electrons. The van der Waals surface area contributed by atoms with E-state index >= 15 is 0 Å². The quantitative estimate of drug-likeness (QED) is 0.408. The lowest BCUT2D eigenvalue weighted by molar-refractivity contribution is 0.385. The minimum absolute atomic E-state index is 1.04. The second-order valence-electron chi connectivity index (χ2n) is 7.43. The van der Waals surface area contributed by atoms with E-state index in [4.69, 9.17) is 0 Å². The molecule has 0 heteroatoms. The molecule has 3 aliphatic rings. The SMILES string of the molecule is CC1=CCCCC1.CC1CCCC1.CC1CCCCC1. The third kappa shape index (κ3) is 9.61. The molecule has 20 heavy (non-hydrogen) atoms. The van der Waals surface area contributed by atoms with Crippen LogP contribution in [0.25, 0.3) is 0 Å². The van der Waals surface area contributed by atoms with Crippen LogP contribution >= 0.6 is 0 Å².